The molecule has 2 aliphatic heterocycles. The molecule has 11 nitrogen and oxygen atoms in total. The molecule has 0 aromatic rings. The van der Waals surface area contributed by atoms with Crippen LogP contribution in [0.15, 0.2) is 4.99 Å². The van der Waals surface area contributed by atoms with E-state index in [1.165, 1.54) is 6.21 Å². The number of aliphatic hydroxyl groups is 4. The van der Waals surface area contributed by atoms with Crippen LogP contribution in [0.25, 0.3) is 0 Å². The van der Waals surface area contributed by atoms with Gasteiger partial charge in [-0.3, -0.25) is 14.4 Å². The molecular weight excluding hydrogens is 354 g/mol. The standard InChI is InChI=1S/C15H21NO10/c1-6(17)9(20)11-15(23,8(3)19)14(22,7(2)18)10(21)12(25-11)26-13-16-4-5-24-13/h4,6,10-13,17,21-23H,5H2,1-3H3/t6?,10-,11+,12+,13?,14+,15+/m0/s1. The van der Waals surface area contributed by atoms with Gasteiger partial charge in [0.1, 0.15) is 12.2 Å². The summed E-state index contributed by atoms with van der Waals surface area (Å²) < 4.78 is 15.4. The zero-order valence-corrected chi connectivity index (χ0v) is 14.4. The van der Waals surface area contributed by atoms with Crippen molar-refractivity contribution in [1.82, 2.24) is 0 Å². The van der Waals surface area contributed by atoms with E-state index in [9.17, 15) is 34.8 Å². The fourth-order valence-electron chi connectivity index (χ4n) is 2.94. The van der Waals surface area contributed by atoms with Crippen LogP contribution in [0.2, 0.25) is 0 Å². The summed E-state index contributed by atoms with van der Waals surface area (Å²) >= 11 is 0. The maximum atomic E-state index is 12.3. The lowest BCUT2D eigenvalue weighted by Gasteiger charge is -2.52. The largest absolute Gasteiger partial charge is 0.386 e. The molecule has 7 atom stereocenters. The summed E-state index contributed by atoms with van der Waals surface area (Å²) in [4.78, 5) is 40.3. The molecule has 2 heterocycles. The second-order valence-electron chi connectivity index (χ2n) is 6.16. The zero-order chi connectivity index (χ0) is 19.9. The quantitative estimate of drug-likeness (QED) is 0.376. The smallest absolute Gasteiger partial charge is 0.260 e. The molecule has 26 heavy (non-hydrogen) atoms. The Kier molecular flexibility index (Phi) is 5.73. The number of hydrogen-bond donors (Lipinski definition) is 4. The third-order valence-electron chi connectivity index (χ3n) is 4.45. The van der Waals surface area contributed by atoms with Crippen molar-refractivity contribution >= 4 is 23.6 Å². The van der Waals surface area contributed by atoms with Crippen LogP contribution in [0.5, 0.6) is 0 Å². The Labute approximate surface area is 148 Å². The molecule has 0 aromatic carbocycles. The molecule has 146 valence electrons. The Balaban J connectivity index is 2.53. The number of Topliss-reactive ketones (excluding diaryl/α,β-unsaturated/α-hetero) is 3. The van der Waals surface area contributed by atoms with Crippen LogP contribution in [-0.2, 0) is 28.6 Å². The monoisotopic (exact) mass is 375 g/mol. The van der Waals surface area contributed by atoms with E-state index >= 15 is 0 Å². The molecule has 0 amide bonds. The van der Waals surface area contributed by atoms with Crippen molar-refractivity contribution < 1.29 is 49.0 Å². The summed E-state index contributed by atoms with van der Waals surface area (Å²) in [5.41, 5.74) is -6.29. The molecule has 2 unspecified atom stereocenters. The van der Waals surface area contributed by atoms with Gasteiger partial charge >= 0.3 is 0 Å². The zero-order valence-electron chi connectivity index (χ0n) is 14.4. The van der Waals surface area contributed by atoms with Gasteiger partial charge in [0.05, 0.1) is 6.61 Å². The number of ketones is 3. The maximum Gasteiger partial charge on any atom is 0.260 e. The van der Waals surface area contributed by atoms with Gasteiger partial charge < -0.3 is 34.6 Å². The summed E-state index contributed by atoms with van der Waals surface area (Å²) in [5.74, 6) is -3.63. The Hall–Kier alpha value is -1.60. The summed E-state index contributed by atoms with van der Waals surface area (Å²) in [6.45, 7) is 2.76. The van der Waals surface area contributed by atoms with Gasteiger partial charge in [-0.05, 0) is 20.8 Å². The maximum absolute atomic E-state index is 12.3. The molecule has 11 heteroatoms. The van der Waals surface area contributed by atoms with Gasteiger partial charge in [0.15, 0.2) is 40.9 Å². The first kappa shape index (κ1) is 20.7. The van der Waals surface area contributed by atoms with Crippen molar-refractivity contribution in [3.05, 3.63) is 0 Å². The van der Waals surface area contributed by atoms with E-state index in [1.807, 2.05) is 0 Å². The Bertz CT molecular complexity index is 634. The van der Waals surface area contributed by atoms with Crippen molar-refractivity contribution in [3.63, 3.8) is 0 Å². The summed E-state index contributed by atoms with van der Waals surface area (Å²) in [6.07, 6.45) is -7.92. The van der Waals surface area contributed by atoms with Crippen molar-refractivity contribution in [2.75, 3.05) is 6.61 Å². The van der Waals surface area contributed by atoms with E-state index in [-0.39, 0.29) is 6.61 Å². The van der Waals surface area contributed by atoms with Gasteiger partial charge in [-0.25, -0.2) is 4.99 Å². The highest BCUT2D eigenvalue weighted by molar-refractivity contribution is 6.04. The van der Waals surface area contributed by atoms with Gasteiger partial charge in [0.2, 0.25) is 0 Å². The minimum absolute atomic E-state index is 0.0951. The normalized spacial score (nSPS) is 41.0. The van der Waals surface area contributed by atoms with Gasteiger partial charge in [0.25, 0.3) is 6.41 Å². The third kappa shape index (κ3) is 3.01. The van der Waals surface area contributed by atoms with E-state index < -0.39 is 59.6 Å². The average Bonchev–Trinajstić information content (AvgIpc) is 3.07. The summed E-state index contributed by atoms with van der Waals surface area (Å²) in [6, 6.07) is 0. The molecule has 1 fully saturated rings. The number of aliphatic hydroxyl groups excluding tert-OH is 2. The van der Waals surface area contributed by atoms with Crippen molar-refractivity contribution in [1.29, 1.82) is 0 Å². The van der Waals surface area contributed by atoms with Gasteiger partial charge in [0, 0.05) is 6.21 Å². The molecule has 2 aliphatic rings. The first-order valence-corrected chi connectivity index (χ1v) is 7.78. The fraction of sp³-hybridized carbons (Fsp3) is 0.733. The number of rotatable bonds is 6. The molecule has 0 saturated carbocycles. The number of carbonyl (C=O) groups excluding carboxylic acids is 3. The van der Waals surface area contributed by atoms with E-state index in [0.29, 0.717) is 0 Å². The van der Waals surface area contributed by atoms with Crippen LogP contribution in [0, 0.1) is 0 Å². The number of aliphatic imine (C=N–C) groups is 1. The van der Waals surface area contributed by atoms with Crippen LogP contribution in [0.1, 0.15) is 20.8 Å². The van der Waals surface area contributed by atoms with Crippen LogP contribution in [0.3, 0.4) is 0 Å². The lowest BCUT2D eigenvalue weighted by molar-refractivity contribution is -0.355. The molecular formula is C15H21NO10. The molecule has 0 aliphatic carbocycles. The molecule has 4 N–H and O–H groups in total. The summed E-state index contributed by atoms with van der Waals surface area (Å²) in [5, 5.41) is 41.6. The first-order valence-electron chi connectivity index (χ1n) is 7.78. The number of ether oxygens (including phenoxy) is 3. The van der Waals surface area contributed by atoms with Crippen LogP contribution < -0.4 is 0 Å². The van der Waals surface area contributed by atoms with Crippen molar-refractivity contribution in [2.45, 2.75) is 63.0 Å². The van der Waals surface area contributed by atoms with E-state index in [0.717, 1.165) is 20.8 Å². The fourth-order valence-corrected chi connectivity index (χ4v) is 2.94. The second kappa shape index (κ2) is 7.19. The Morgan fingerprint density at radius 1 is 1.23 bits per heavy atom. The first-order chi connectivity index (χ1) is 12.0. The topological polar surface area (TPSA) is 172 Å². The lowest BCUT2D eigenvalue weighted by atomic mass is 9.67. The van der Waals surface area contributed by atoms with E-state index in [1.54, 1.807) is 0 Å². The molecule has 0 radical (unpaired) electrons. The average molecular weight is 375 g/mol. The predicted octanol–water partition coefficient (Wildman–Crippen LogP) is -2.94. The minimum Gasteiger partial charge on any atom is -0.386 e. The predicted molar refractivity (Wildman–Crippen MR) is 81.9 cm³/mol. The molecule has 1 saturated heterocycles. The number of carbonyl (C=O) groups is 3. The van der Waals surface area contributed by atoms with Crippen LogP contribution in [-0.4, -0.2) is 92.8 Å². The molecule has 0 aromatic heterocycles. The van der Waals surface area contributed by atoms with Crippen LogP contribution >= 0.6 is 0 Å². The molecule has 2 rings (SSSR count). The van der Waals surface area contributed by atoms with Crippen molar-refractivity contribution in [3.8, 4) is 0 Å². The number of hydrogen-bond acceptors (Lipinski definition) is 11. The highest BCUT2D eigenvalue weighted by Gasteiger charge is 2.72. The van der Waals surface area contributed by atoms with E-state index in [4.69, 9.17) is 14.2 Å². The third-order valence-corrected chi connectivity index (χ3v) is 4.45. The van der Waals surface area contributed by atoms with Gasteiger partial charge in [-0.15, -0.1) is 0 Å². The Morgan fingerprint density at radius 3 is 2.23 bits per heavy atom. The lowest BCUT2D eigenvalue weighted by Crippen LogP contribution is -2.80. The SMILES string of the molecule is CC(=O)[C@@]1(O)[C@@H](C(=O)C(C)O)O[C@H](OC2N=CCO2)[C@H](O)[C@]1(O)C(C)=O. The Morgan fingerprint density at radius 2 is 1.81 bits per heavy atom. The van der Waals surface area contributed by atoms with Crippen LogP contribution in [0.4, 0.5) is 0 Å². The highest BCUT2D eigenvalue weighted by Crippen LogP contribution is 2.41. The van der Waals surface area contributed by atoms with Gasteiger partial charge in [-0.1, -0.05) is 0 Å². The number of nitrogens with zero attached hydrogens (tertiary/aromatic N) is 1. The highest BCUT2D eigenvalue weighted by atomic mass is 16.8. The van der Waals surface area contributed by atoms with E-state index in [2.05, 4.69) is 4.99 Å². The van der Waals surface area contributed by atoms with Crippen molar-refractivity contribution in [2.24, 2.45) is 4.99 Å². The summed E-state index contributed by atoms with van der Waals surface area (Å²) in [7, 11) is 0. The van der Waals surface area contributed by atoms with Gasteiger partial charge in [-0.2, -0.15) is 0 Å². The minimum atomic E-state index is -3.15. The molecule has 0 spiro atoms. The molecule has 0 bridgehead atoms. The second-order valence-corrected chi connectivity index (χ2v) is 6.16.